The summed E-state index contributed by atoms with van der Waals surface area (Å²) in [5, 5.41) is 0.310. The largest absolute Gasteiger partial charge is 0.493 e. The minimum atomic E-state index is -0.571. The summed E-state index contributed by atoms with van der Waals surface area (Å²) in [4.78, 5) is 38.1. The lowest BCUT2D eigenvalue weighted by Crippen LogP contribution is -2.27. The summed E-state index contributed by atoms with van der Waals surface area (Å²) in [6.45, 7) is -0.279. The van der Waals surface area contributed by atoms with Crippen LogP contribution in [0, 0.1) is 0 Å². The Hall–Kier alpha value is -2.68. The summed E-state index contributed by atoms with van der Waals surface area (Å²) in [7, 11) is 2.70. The lowest BCUT2D eigenvalue weighted by atomic mass is 10.1. The Morgan fingerprint density at radius 2 is 1.90 bits per heavy atom. The molecule has 3 rings (SSSR count). The molecular formula is C21H17Cl2NO6S. The van der Waals surface area contributed by atoms with E-state index >= 15 is 0 Å². The maximum atomic E-state index is 12.9. The molecule has 1 aliphatic heterocycles. The van der Waals surface area contributed by atoms with Crippen molar-refractivity contribution in [1.82, 2.24) is 4.90 Å². The third kappa shape index (κ3) is 5.33. The number of nitrogens with zero attached hydrogens (tertiary/aromatic N) is 1. The average molecular weight is 482 g/mol. The molecule has 1 aliphatic rings. The number of amides is 2. The quantitative estimate of drug-likeness (QED) is 0.415. The first kappa shape index (κ1) is 23.0. The van der Waals surface area contributed by atoms with Crippen molar-refractivity contribution in [3.63, 3.8) is 0 Å². The van der Waals surface area contributed by atoms with E-state index in [0.717, 1.165) is 16.7 Å². The molecule has 1 heterocycles. The fourth-order valence-electron chi connectivity index (χ4n) is 2.75. The molecule has 2 aromatic rings. The number of thioether (sulfide) groups is 1. The molecule has 1 saturated heterocycles. The van der Waals surface area contributed by atoms with Crippen LogP contribution in [-0.4, -0.2) is 42.8 Å². The smallest absolute Gasteiger partial charge is 0.343 e. The van der Waals surface area contributed by atoms with Crippen molar-refractivity contribution in [1.29, 1.82) is 0 Å². The van der Waals surface area contributed by atoms with Crippen LogP contribution in [0.2, 0.25) is 10.0 Å². The Morgan fingerprint density at radius 3 is 2.58 bits per heavy atom. The van der Waals surface area contributed by atoms with Gasteiger partial charge in [0, 0.05) is 5.56 Å². The highest BCUT2D eigenvalue weighted by molar-refractivity contribution is 8.18. The van der Waals surface area contributed by atoms with Gasteiger partial charge in [0.05, 0.1) is 35.7 Å². The maximum absolute atomic E-state index is 12.9. The van der Waals surface area contributed by atoms with Crippen LogP contribution in [0.5, 0.6) is 11.5 Å². The third-order valence-corrected chi connectivity index (χ3v) is 5.92. The molecule has 1 fully saturated rings. The van der Waals surface area contributed by atoms with Crippen molar-refractivity contribution in [3.8, 4) is 11.5 Å². The molecule has 0 aliphatic carbocycles. The second kappa shape index (κ2) is 10.1. The lowest BCUT2D eigenvalue weighted by Gasteiger charge is -2.14. The van der Waals surface area contributed by atoms with Crippen molar-refractivity contribution in [2.45, 2.75) is 6.54 Å². The molecule has 7 nitrogen and oxygen atoms in total. The van der Waals surface area contributed by atoms with E-state index in [4.69, 9.17) is 32.7 Å². The molecule has 0 N–H and O–H groups in total. The number of hydrogen-bond acceptors (Lipinski definition) is 7. The molecule has 2 aromatic carbocycles. The number of carbonyl (C=O) groups excluding carboxylic acids is 3. The van der Waals surface area contributed by atoms with Gasteiger partial charge in [0.2, 0.25) is 0 Å². The van der Waals surface area contributed by atoms with E-state index in [1.54, 1.807) is 36.4 Å². The second-order valence-corrected chi connectivity index (χ2v) is 8.07. The van der Waals surface area contributed by atoms with E-state index in [9.17, 15) is 14.4 Å². The first-order valence-electron chi connectivity index (χ1n) is 8.90. The van der Waals surface area contributed by atoms with Crippen LogP contribution in [0.1, 0.15) is 11.1 Å². The number of hydrogen-bond donors (Lipinski definition) is 0. The summed E-state index contributed by atoms with van der Waals surface area (Å²) in [5.74, 6) is -0.402. The standard InChI is InChI=1S/C21H17Cl2NO6S/c1-28-16-5-3-4-13(19(16)30-11-18(25)29-2)9-17-20(26)24(21(27)31-17)10-12-6-7-14(22)15(23)8-12/h3-9H,10-11H2,1-2H3/b17-9+. The minimum absolute atomic E-state index is 0.0582. The molecule has 0 atom stereocenters. The summed E-state index contributed by atoms with van der Waals surface area (Å²) in [5.41, 5.74) is 1.14. The molecule has 0 bridgehead atoms. The SMILES string of the molecule is COC(=O)COc1c(/C=C2/SC(=O)N(Cc3ccc(Cl)c(Cl)c3)C2=O)cccc1OC. The van der Waals surface area contributed by atoms with Crippen molar-refractivity contribution in [2.75, 3.05) is 20.8 Å². The molecular weight excluding hydrogens is 465 g/mol. The number of imide groups is 1. The van der Waals surface area contributed by atoms with Gasteiger partial charge in [0.25, 0.3) is 11.1 Å². The van der Waals surface area contributed by atoms with E-state index in [2.05, 4.69) is 4.74 Å². The van der Waals surface area contributed by atoms with Gasteiger partial charge in [-0.15, -0.1) is 0 Å². The number of halogens is 2. The Morgan fingerprint density at radius 1 is 1.13 bits per heavy atom. The maximum Gasteiger partial charge on any atom is 0.343 e. The van der Waals surface area contributed by atoms with E-state index in [0.29, 0.717) is 26.9 Å². The van der Waals surface area contributed by atoms with Gasteiger partial charge >= 0.3 is 5.97 Å². The summed E-state index contributed by atoms with van der Waals surface area (Å²) in [6.07, 6.45) is 1.52. The van der Waals surface area contributed by atoms with Crippen LogP contribution in [-0.2, 0) is 20.9 Å². The highest BCUT2D eigenvalue weighted by Gasteiger charge is 2.35. The van der Waals surface area contributed by atoms with Crippen LogP contribution < -0.4 is 9.47 Å². The van der Waals surface area contributed by atoms with Crippen molar-refractivity contribution in [3.05, 3.63) is 62.5 Å². The van der Waals surface area contributed by atoms with Gasteiger partial charge in [-0.1, -0.05) is 41.4 Å². The predicted octanol–water partition coefficient (Wildman–Crippen LogP) is 4.79. The summed E-state index contributed by atoms with van der Waals surface area (Å²) >= 11 is 12.7. The molecule has 31 heavy (non-hydrogen) atoms. The molecule has 10 heteroatoms. The number of benzene rings is 2. The fraction of sp³-hybridized carbons (Fsp3) is 0.190. The van der Waals surface area contributed by atoms with Gasteiger partial charge < -0.3 is 14.2 Å². The second-order valence-electron chi connectivity index (χ2n) is 6.26. The third-order valence-electron chi connectivity index (χ3n) is 4.28. The van der Waals surface area contributed by atoms with E-state index in [1.807, 2.05) is 0 Å². The molecule has 0 unspecified atom stereocenters. The van der Waals surface area contributed by atoms with Crippen molar-refractivity contribution < 1.29 is 28.6 Å². The highest BCUT2D eigenvalue weighted by atomic mass is 35.5. The number of ether oxygens (including phenoxy) is 3. The first-order chi connectivity index (χ1) is 14.8. The fourth-order valence-corrected chi connectivity index (χ4v) is 3.90. The van der Waals surface area contributed by atoms with E-state index < -0.39 is 17.1 Å². The lowest BCUT2D eigenvalue weighted by molar-refractivity contribution is -0.143. The van der Waals surface area contributed by atoms with E-state index in [-0.39, 0.29) is 23.8 Å². The number of methoxy groups -OCH3 is 2. The molecule has 162 valence electrons. The molecule has 0 aromatic heterocycles. The van der Waals surface area contributed by atoms with E-state index in [1.165, 1.54) is 20.3 Å². The number of carbonyl (C=O) groups is 3. The average Bonchev–Trinajstić information content (AvgIpc) is 3.02. The molecule has 0 saturated carbocycles. The predicted molar refractivity (Wildman–Crippen MR) is 118 cm³/mol. The minimum Gasteiger partial charge on any atom is -0.493 e. The van der Waals surface area contributed by atoms with Gasteiger partial charge in [0.15, 0.2) is 18.1 Å². The first-order valence-corrected chi connectivity index (χ1v) is 10.5. The van der Waals surface area contributed by atoms with Crippen molar-refractivity contribution in [2.24, 2.45) is 0 Å². The van der Waals surface area contributed by atoms with Gasteiger partial charge in [-0.2, -0.15) is 0 Å². The van der Waals surface area contributed by atoms with Gasteiger partial charge in [0.1, 0.15) is 0 Å². The van der Waals surface area contributed by atoms with Crippen molar-refractivity contribution >= 4 is 58.2 Å². The van der Waals surface area contributed by atoms with Gasteiger partial charge in [-0.25, -0.2) is 4.79 Å². The summed E-state index contributed by atoms with van der Waals surface area (Å²) in [6, 6.07) is 9.95. The Bertz CT molecular complexity index is 1070. The number of rotatable bonds is 7. The van der Waals surface area contributed by atoms with Gasteiger partial charge in [-0.05, 0) is 41.6 Å². The molecule has 0 radical (unpaired) electrons. The summed E-state index contributed by atoms with van der Waals surface area (Å²) < 4.78 is 15.4. The number of esters is 1. The monoisotopic (exact) mass is 481 g/mol. The highest BCUT2D eigenvalue weighted by Crippen LogP contribution is 2.38. The zero-order valence-corrected chi connectivity index (χ0v) is 18.8. The van der Waals surface area contributed by atoms with Crippen LogP contribution in [0.25, 0.3) is 6.08 Å². The topological polar surface area (TPSA) is 82.1 Å². The number of para-hydroxylation sites is 1. The van der Waals surface area contributed by atoms with Crippen LogP contribution in [0.3, 0.4) is 0 Å². The Kier molecular flexibility index (Phi) is 7.48. The Labute approximate surface area is 192 Å². The Balaban J connectivity index is 1.86. The molecule has 0 spiro atoms. The normalized spacial score (nSPS) is 14.8. The molecule has 2 amide bonds. The van der Waals surface area contributed by atoms with Crippen LogP contribution in [0.4, 0.5) is 4.79 Å². The zero-order valence-electron chi connectivity index (χ0n) is 16.5. The van der Waals surface area contributed by atoms with Gasteiger partial charge in [-0.3, -0.25) is 14.5 Å². The van der Waals surface area contributed by atoms with Crippen LogP contribution >= 0.6 is 35.0 Å². The zero-order chi connectivity index (χ0) is 22.5. The van der Waals surface area contributed by atoms with Crippen LogP contribution in [0.15, 0.2) is 41.3 Å².